The number of benzene rings is 1. The lowest BCUT2D eigenvalue weighted by molar-refractivity contribution is -0.138. The van der Waals surface area contributed by atoms with E-state index in [1.54, 1.807) is 39.9 Å². The number of fused-ring (bicyclic) bond motifs is 1. The summed E-state index contributed by atoms with van der Waals surface area (Å²) in [4.78, 5) is 18.7. The Morgan fingerprint density at radius 3 is 2.54 bits per heavy atom. The SMILES string of the molecule is Cc1cn2nc(C(=O)N3CCC(c4ccccc4C(F)(F)F)CC3)ccc2n1. The monoisotopic (exact) mass is 388 g/mol. The fourth-order valence-electron chi connectivity index (χ4n) is 3.78. The van der Waals surface area contributed by atoms with Gasteiger partial charge in [-0.15, -0.1) is 0 Å². The first-order chi connectivity index (χ1) is 13.3. The molecular weight excluding hydrogens is 369 g/mol. The maximum absolute atomic E-state index is 13.3. The van der Waals surface area contributed by atoms with Gasteiger partial charge in [-0.05, 0) is 49.4 Å². The number of carbonyl (C=O) groups excluding carboxylic acids is 1. The van der Waals surface area contributed by atoms with Crippen LogP contribution >= 0.6 is 0 Å². The highest BCUT2D eigenvalue weighted by Crippen LogP contribution is 2.38. The number of imidazole rings is 1. The first kappa shape index (κ1) is 18.5. The molecule has 146 valence electrons. The quantitative estimate of drug-likeness (QED) is 0.665. The minimum atomic E-state index is -4.37. The fourth-order valence-corrected chi connectivity index (χ4v) is 3.78. The summed E-state index contributed by atoms with van der Waals surface area (Å²) in [5, 5.41) is 4.31. The molecule has 1 fully saturated rings. The Morgan fingerprint density at radius 2 is 1.82 bits per heavy atom. The number of amides is 1. The van der Waals surface area contributed by atoms with Crippen molar-refractivity contribution in [3.05, 3.63) is 65.1 Å². The molecule has 0 bridgehead atoms. The summed E-state index contributed by atoms with van der Waals surface area (Å²) in [5.74, 6) is -0.426. The van der Waals surface area contributed by atoms with E-state index in [9.17, 15) is 18.0 Å². The van der Waals surface area contributed by atoms with Crippen molar-refractivity contribution in [2.45, 2.75) is 31.9 Å². The van der Waals surface area contributed by atoms with Gasteiger partial charge in [0.15, 0.2) is 5.65 Å². The number of hydrogen-bond acceptors (Lipinski definition) is 3. The molecule has 1 amide bonds. The van der Waals surface area contributed by atoms with Crippen molar-refractivity contribution in [3.8, 4) is 0 Å². The fraction of sp³-hybridized carbons (Fsp3) is 0.350. The number of rotatable bonds is 2. The summed E-state index contributed by atoms with van der Waals surface area (Å²) in [6.07, 6.45) is -1.64. The number of carbonyl (C=O) groups is 1. The molecule has 3 aromatic rings. The number of alkyl halides is 3. The van der Waals surface area contributed by atoms with Gasteiger partial charge in [-0.2, -0.15) is 18.3 Å². The molecule has 1 aliphatic rings. The molecule has 5 nitrogen and oxygen atoms in total. The second-order valence-corrected chi connectivity index (χ2v) is 7.06. The Labute approximate surface area is 159 Å². The Balaban J connectivity index is 1.49. The molecular formula is C20H19F3N4O. The molecule has 8 heteroatoms. The van der Waals surface area contributed by atoms with Gasteiger partial charge < -0.3 is 4.90 Å². The molecule has 3 heterocycles. The van der Waals surface area contributed by atoms with Crippen molar-refractivity contribution in [2.75, 3.05) is 13.1 Å². The zero-order chi connectivity index (χ0) is 19.9. The molecule has 0 aliphatic carbocycles. The van der Waals surface area contributed by atoms with Crippen LogP contribution in [0.25, 0.3) is 5.65 Å². The van der Waals surface area contributed by atoms with Gasteiger partial charge in [0.1, 0.15) is 5.69 Å². The standard InChI is InChI=1S/C20H19F3N4O/c1-13-12-27-18(24-13)7-6-17(25-27)19(28)26-10-8-14(9-11-26)15-4-2-3-5-16(15)20(21,22)23/h2-7,12,14H,8-11H2,1H3. The van der Waals surface area contributed by atoms with Crippen LogP contribution in [-0.4, -0.2) is 38.5 Å². The Morgan fingerprint density at radius 1 is 1.11 bits per heavy atom. The largest absolute Gasteiger partial charge is 0.416 e. The Kier molecular flexibility index (Phi) is 4.56. The zero-order valence-corrected chi connectivity index (χ0v) is 15.3. The zero-order valence-electron chi connectivity index (χ0n) is 15.3. The van der Waals surface area contributed by atoms with E-state index in [2.05, 4.69) is 10.1 Å². The van der Waals surface area contributed by atoms with E-state index in [4.69, 9.17) is 0 Å². The number of halogens is 3. The lowest BCUT2D eigenvalue weighted by Gasteiger charge is -2.33. The summed E-state index contributed by atoms with van der Waals surface area (Å²) in [6.45, 7) is 2.65. The van der Waals surface area contributed by atoms with Gasteiger partial charge in [0.05, 0.1) is 17.5 Å². The average molecular weight is 388 g/mol. The van der Waals surface area contributed by atoms with Gasteiger partial charge in [-0.25, -0.2) is 9.50 Å². The van der Waals surface area contributed by atoms with Gasteiger partial charge in [0, 0.05) is 13.1 Å². The predicted molar refractivity (Wildman–Crippen MR) is 97.0 cm³/mol. The topological polar surface area (TPSA) is 50.5 Å². The maximum atomic E-state index is 13.3. The molecule has 0 radical (unpaired) electrons. The lowest BCUT2D eigenvalue weighted by Crippen LogP contribution is -2.38. The van der Waals surface area contributed by atoms with Crippen LogP contribution in [0.4, 0.5) is 13.2 Å². The summed E-state index contributed by atoms with van der Waals surface area (Å²) in [7, 11) is 0. The van der Waals surface area contributed by atoms with Crippen LogP contribution in [-0.2, 0) is 6.18 Å². The highest BCUT2D eigenvalue weighted by atomic mass is 19.4. The van der Waals surface area contributed by atoms with E-state index < -0.39 is 11.7 Å². The maximum Gasteiger partial charge on any atom is 0.416 e. The van der Waals surface area contributed by atoms with Crippen LogP contribution in [0, 0.1) is 6.92 Å². The second kappa shape index (κ2) is 6.92. The van der Waals surface area contributed by atoms with Crippen molar-refractivity contribution < 1.29 is 18.0 Å². The molecule has 0 N–H and O–H groups in total. The van der Waals surface area contributed by atoms with Crippen LogP contribution in [0.1, 0.15) is 46.1 Å². The van der Waals surface area contributed by atoms with Gasteiger partial charge in [0.2, 0.25) is 0 Å². The third-order valence-corrected chi connectivity index (χ3v) is 5.15. The second-order valence-electron chi connectivity index (χ2n) is 7.06. The normalized spacial score (nSPS) is 15.9. The van der Waals surface area contributed by atoms with E-state index >= 15 is 0 Å². The first-order valence-electron chi connectivity index (χ1n) is 9.11. The molecule has 0 unspecified atom stereocenters. The Bertz CT molecular complexity index is 1020. The molecule has 1 aliphatic heterocycles. The molecule has 2 aromatic heterocycles. The number of aromatic nitrogens is 3. The van der Waals surface area contributed by atoms with Gasteiger partial charge in [-0.3, -0.25) is 4.79 Å². The van der Waals surface area contributed by atoms with Crippen molar-refractivity contribution >= 4 is 11.6 Å². The molecule has 0 atom stereocenters. The third kappa shape index (κ3) is 3.46. The van der Waals surface area contributed by atoms with Gasteiger partial charge in [0.25, 0.3) is 5.91 Å². The molecule has 1 saturated heterocycles. The number of piperidine rings is 1. The van der Waals surface area contributed by atoms with Crippen LogP contribution in [0.5, 0.6) is 0 Å². The van der Waals surface area contributed by atoms with E-state index in [-0.39, 0.29) is 11.8 Å². The molecule has 4 rings (SSSR count). The van der Waals surface area contributed by atoms with E-state index in [1.807, 2.05) is 6.92 Å². The molecule has 1 aromatic carbocycles. The molecule has 0 spiro atoms. The minimum Gasteiger partial charge on any atom is -0.337 e. The van der Waals surface area contributed by atoms with E-state index in [0.717, 1.165) is 11.8 Å². The first-order valence-corrected chi connectivity index (χ1v) is 9.11. The summed E-state index contributed by atoms with van der Waals surface area (Å²) in [5.41, 5.74) is 1.51. The van der Waals surface area contributed by atoms with Crippen molar-refractivity contribution in [2.24, 2.45) is 0 Å². The van der Waals surface area contributed by atoms with Crippen LogP contribution < -0.4 is 0 Å². The van der Waals surface area contributed by atoms with E-state index in [1.165, 1.54) is 6.07 Å². The van der Waals surface area contributed by atoms with Gasteiger partial charge in [-0.1, -0.05) is 18.2 Å². The Hall–Kier alpha value is -2.90. The number of nitrogens with zero attached hydrogens (tertiary/aromatic N) is 4. The average Bonchev–Trinajstić information content (AvgIpc) is 3.06. The van der Waals surface area contributed by atoms with E-state index in [0.29, 0.717) is 42.8 Å². The smallest absolute Gasteiger partial charge is 0.337 e. The van der Waals surface area contributed by atoms with Crippen LogP contribution in [0.3, 0.4) is 0 Å². The predicted octanol–water partition coefficient (Wildman–Crippen LogP) is 4.08. The summed E-state index contributed by atoms with van der Waals surface area (Å²) >= 11 is 0. The van der Waals surface area contributed by atoms with Crippen LogP contribution in [0.15, 0.2) is 42.6 Å². The highest BCUT2D eigenvalue weighted by Gasteiger charge is 2.36. The lowest BCUT2D eigenvalue weighted by atomic mass is 9.86. The minimum absolute atomic E-state index is 0.212. The van der Waals surface area contributed by atoms with Gasteiger partial charge >= 0.3 is 6.18 Å². The van der Waals surface area contributed by atoms with Crippen LogP contribution in [0.2, 0.25) is 0 Å². The molecule has 0 saturated carbocycles. The third-order valence-electron chi connectivity index (χ3n) is 5.15. The number of aryl methyl sites for hydroxylation is 1. The number of hydrogen-bond donors (Lipinski definition) is 0. The summed E-state index contributed by atoms with van der Waals surface area (Å²) < 4.78 is 41.4. The molecule has 28 heavy (non-hydrogen) atoms. The number of likely N-dealkylation sites (tertiary alicyclic amines) is 1. The highest BCUT2D eigenvalue weighted by molar-refractivity contribution is 5.92. The van der Waals surface area contributed by atoms with Crippen molar-refractivity contribution in [1.29, 1.82) is 0 Å². The van der Waals surface area contributed by atoms with Crippen molar-refractivity contribution in [1.82, 2.24) is 19.5 Å². The van der Waals surface area contributed by atoms with Crippen molar-refractivity contribution in [3.63, 3.8) is 0 Å². The summed E-state index contributed by atoms with van der Waals surface area (Å²) in [6, 6.07) is 9.08.